The van der Waals surface area contributed by atoms with Gasteiger partial charge in [-0.05, 0) is 42.3 Å². The first-order chi connectivity index (χ1) is 13.0. The Hall–Kier alpha value is -3.66. The summed E-state index contributed by atoms with van der Waals surface area (Å²) in [4.78, 5) is 26.2. The zero-order valence-corrected chi connectivity index (χ0v) is 14.6. The minimum atomic E-state index is -0.733. The van der Waals surface area contributed by atoms with Gasteiger partial charge in [0.25, 0.3) is 0 Å². The monoisotopic (exact) mass is 364 g/mol. The Morgan fingerprint density at radius 2 is 2.00 bits per heavy atom. The average Bonchev–Trinajstić information content (AvgIpc) is 2.67. The number of hydrogen-bond donors (Lipinski definition) is 2. The van der Waals surface area contributed by atoms with E-state index in [0.29, 0.717) is 28.1 Å². The number of benzene rings is 2. The predicted molar refractivity (Wildman–Crippen MR) is 98.1 cm³/mol. The highest BCUT2D eigenvalue weighted by Gasteiger charge is 2.35. The molecule has 3 rings (SSSR count). The van der Waals surface area contributed by atoms with Gasteiger partial charge in [0.05, 0.1) is 28.9 Å². The minimum Gasteiger partial charge on any atom is -0.366 e. The number of nitriles is 1. The lowest BCUT2D eigenvalue weighted by molar-refractivity contribution is -0.115. The van der Waals surface area contributed by atoms with Gasteiger partial charge >= 0.3 is 6.03 Å². The third-order valence-electron chi connectivity index (χ3n) is 4.45. The summed E-state index contributed by atoms with van der Waals surface area (Å²) in [6, 6.07) is 13.8. The standard InChI is InChI=1S/C20H17FN4O2/c1-12-17(19(23)26)18(15-7-5-13(11-22)6-8-15)24-20(27)25(12)16-4-2-3-14(9-16)10-21/h2-9,18H,10H2,1H3,(H2,23,26)(H,24,27). The van der Waals surface area contributed by atoms with Crippen molar-refractivity contribution < 1.29 is 14.0 Å². The Morgan fingerprint density at radius 3 is 2.59 bits per heavy atom. The number of nitrogens with one attached hydrogen (secondary N) is 1. The Kier molecular flexibility index (Phi) is 4.90. The van der Waals surface area contributed by atoms with Crippen LogP contribution in [0.25, 0.3) is 0 Å². The van der Waals surface area contributed by atoms with Gasteiger partial charge in [-0.1, -0.05) is 24.3 Å². The van der Waals surface area contributed by atoms with E-state index in [0.717, 1.165) is 0 Å². The third-order valence-corrected chi connectivity index (χ3v) is 4.45. The first-order valence-electron chi connectivity index (χ1n) is 8.22. The Labute approximate surface area is 155 Å². The van der Waals surface area contributed by atoms with E-state index >= 15 is 0 Å². The summed E-state index contributed by atoms with van der Waals surface area (Å²) in [6.07, 6.45) is 0. The molecule has 0 radical (unpaired) electrons. The average molecular weight is 364 g/mol. The SMILES string of the molecule is CC1=C(C(N)=O)C(c2ccc(C#N)cc2)NC(=O)N1c1cccc(CF)c1. The molecular weight excluding hydrogens is 347 g/mol. The molecule has 2 aromatic carbocycles. The van der Waals surface area contributed by atoms with Crippen molar-refractivity contribution in [3.8, 4) is 6.07 Å². The number of amides is 3. The van der Waals surface area contributed by atoms with Crippen molar-refractivity contribution in [3.05, 3.63) is 76.5 Å². The van der Waals surface area contributed by atoms with Crippen LogP contribution in [-0.4, -0.2) is 11.9 Å². The highest BCUT2D eigenvalue weighted by molar-refractivity contribution is 6.04. The molecule has 136 valence electrons. The van der Waals surface area contributed by atoms with Gasteiger partial charge < -0.3 is 11.1 Å². The second-order valence-electron chi connectivity index (χ2n) is 6.12. The van der Waals surface area contributed by atoms with Gasteiger partial charge in [0.1, 0.15) is 6.67 Å². The van der Waals surface area contributed by atoms with E-state index < -0.39 is 24.7 Å². The summed E-state index contributed by atoms with van der Waals surface area (Å²) in [6.45, 7) is 0.959. The lowest BCUT2D eigenvalue weighted by Gasteiger charge is -2.35. The van der Waals surface area contributed by atoms with Crippen LogP contribution in [0.2, 0.25) is 0 Å². The first kappa shape index (κ1) is 18.1. The maximum Gasteiger partial charge on any atom is 0.326 e. The van der Waals surface area contributed by atoms with Crippen LogP contribution in [0.1, 0.15) is 29.7 Å². The van der Waals surface area contributed by atoms with Crippen LogP contribution >= 0.6 is 0 Å². The van der Waals surface area contributed by atoms with E-state index in [1.165, 1.54) is 4.90 Å². The lowest BCUT2D eigenvalue weighted by atomic mass is 9.93. The zero-order chi connectivity index (χ0) is 19.6. The number of nitrogens with zero attached hydrogens (tertiary/aromatic N) is 2. The Balaban J connectivity index is 2.09. The normalized spacial score (nSPS) is 16.7. The first-order valence-corrected chi connectivity index (χ1v) is 8.22. The fraction of sp³-hybridized carbons (Fsp3) is 0.150. The molecule has 2 aromatic rings. The van der Waals surface area contributed by atoms with E-state index in [4.69, 9.17) is 11.0 Å². The van der Waals surface area contributed by atoms with Crippen LogP contribution in [0.4, 0.5) is 14.9 Å². The summed E-state index contributed by atoms with van der Waals surface area (Å²) in [5.41, 5.74) is 8.15. The van der Waals surface area contributed by atoms with E-state index in [2.05, 4.69) is 5.32 Å². The minimum absolute atomic E-state index is 0.227. The number of hydrogen-bond acceptors (Lipinski definition) is 3. The molecule has 1 unspecified atom stereocenters. The predicted octanol–water partition coefficient (Wildman–Crippen LogP) is 3.06. The number of carbonyl (C=O) groups excluding carboxylic acids is 2. The number of nitrogens with two attached hydrogens (primary N) is 1. The maximum absolute atomic E-state index is 13.0. The molecule has 1 atom stereocenters. The number of primary amides is 1. The Bertz CT molecular complexity index is 976. The van der Waals surface area contributed by atoms with Crippen molar-refractivity contribution in [1.82, 2.24) is 5.32 Å². The molecule has 0 bridgehead atoms. The van der Waals surface area contributed by atoms with Gasteiger partial charge in [0.15, 0.2) is 0 Å². The smallest absolute Gasteiger partial charge is 0.326 e. The summed E-state index contributed by atoms with van der Waals surface area (Å²) in [7, 11) is 0. The molecular formula is C20H17FN4O2. The molecule has 27 heavy (non-hydrogen) atoms. The molecule has 0 saturated heterocycles. The van der Waals surface area contributed by atoms with Crippen LogP contribution in [-0.2, 0) is 11.5 Å². The van der Waals surface area contributed by atoms with Gasteiger partial charge in [-0.25, -0.2) is 9.18 Å². The number of carbonyl (C=O) groups is 2. The van der Waals surface area contributed by atoms with Crippen molar-refractivity contribution in [2.75, 3.05) is 4.90 Å². The fourth-order valence-electron chi connectivity index (χ4n) is 3.15. The molecule has 3 N–H and O–H groups in total. The third kappa shape index (κ3) is 3.37. The molecule has 3 amide bonds. The van der Waals surface area contributed by atoms with E-state index in [1.54, 1.807) is 55.5 Å². The van der Waals surface area contributed by atoms with Gasteiger partial charge in [-0.2, -0.15) is 5.26 Å². The molecule has 0 aromatic heterocycles. The van der Waals surface area contributed by atoms with Gasteiger partial charge in [-0.3, -0.25) is 9.69 Å². The second kappa shape index (κ2) is 7.30. The highest BCUT2D eigenvalue weighted by Crippen LogP contribution is 2.33. The van der Waals surface area contributed by atoms with E-state index in [1.807, 2.05) is 6.07 Å². The van der Waals surface area contributed by atoms with Gasteiger partial charge in [0, 0.05) is 5.70 Å². The van der Waals surface area contributed by atoms with Crippen molar-refractivity contribution in [3.63, 3.8) is 0 Å². The summed E-state index contributed by atoms with van der Waals surface area (Å²) in [5.74, 6) is -0.673. The quantitative estimate of drug-likeness (QED) is 0.872. The summed E-state index contributed by atoms with van der Waals surface area (Å²) < 4.78 is 13.0. The molecule has 1 aliphatic heterocycles. The van der Waals surface area contributed by atoms with Crippen LogP contribution in [0.15, 0.2) is 59.8 Å². The van der Waals surface area contributed by atoms with Crippen molar-refractivity contribution in [2.24, 2.45) is 5.73 Å². The molecule has 6 nitrogen and oxygen atoms in total. The lowest BCUT2D eigenvalue weighted by Crippen LogP contribution is -2.49. The fourth-order valence-corrected chi connectivity index (χ4v) is 3.15. The molecule has 0 aliphatic carbocycles. The molecule has 0 saturated carbocycles. The van der Waals surface area contributed by atoms with Crippen LogP contribution in [0.3, 0.4) is 0 Å². The number of allylic oxidation sites excluding steroid dienone is 1. The van der Waals surface area contributed by atoms with Crippen molar-refractivity contribution >= 4 is 17.6 Å². The summed E-state index contributed by atoms with van der Waals surface area (Å²) in [5, 5.41) is 11.7. The largest absolute Gasteiger partial charge is 0.366 e. The van der Waals surface area contributed by atoms with Crippen LogP contribution < -0.4 is 16.0 Å². The highest BCUT2D eigenvalue weighted by atomic mass is 19.1. The topological polar surface area (TPSA) is 99.2 Å². The Morgan fingerprint density at radius 1 is 1.30 bits per heavy atom. The molecule has 1 aliphatic rings. The zero-order valence-electron chi connectivity index (χ0n) is 14.6. The molecule has 0 spiro atoms. The van der Waals surface area contributed by atoms with Gasteiger partial charge in [-0.15, -0.1) is 0 Å². The second-order valence-corrected chi connectivity index (χ2v) is 6.12. The van der Waals surface area contributed by atoms with E-state index in [9.17, 15) is 14.0 Å². The maximum atomic E-state index is 13.0. The number of anilines is 1. The summed E-state index contributed by atoms with van der Waals surface area (Å²) >= 11 is 0. The number of urea groups is 1. The number of rotatable bonds is 4. The molecule has 1 heterocycles. The molecule has 0 fully saturated rings. The van der Waals surface area contributed by atoms with Gasteiger partial charge in [0.2, 0.25) is 5.91 Å². The molecule has 7 heteroatoms. The van der Waals surface area contributed by atoms with Crippen molar-refractivity contribution in [1.29, 1.82) is 5.26 Å². The van der Waals surface area contributed by atoms with Crippen molar-refractivity contribution in [2.45, 2.75) is 19.6 Å². The van der Waals surface area contributed by atoms with Crippen LogP contribution in [0.5, 0.6) is 0 Å². The van der Waals surface area contributed by atoms with Crippen LogP contribution in [0, 0.1) is 11.3 Å². The van der Waals surface area contributed by atoms with E-state index in [-0.39, 0.29) is 5.57 Å². The number of alkyl halides is 1. The number of halogens is 1.